The van der Waals surface area contributed by atoms with Crippen molar-refractivity contribution in [2.75, 3.05) is 0 Å². The quantitative estimate of drug-likeness (QED) is 0.692. The zero-order valence-electron chi connectivity index (χ0n) is 7.81. The Morgan fingerprint density at radius 3 is 2.71 bits per heavy atom. The predicted molar refractivity (Wildman–Crippen MR) is 53.8 cm³/mol. The number of nitrogens with zero attached hydrogens (tertiary/aromatic N) is 1. The van der Waals surface area contributed by atoms with Gasteiger partial charge in [-0.1, -0.05) is 11.6 Å². The van der Waals surface area contributed by atoms with Gasteiger partial charge in [0.25, 0.3) is 0 Å². The van der Waals surface area contributed by atoms with Gasteiger partial charge in [-0.05, 0) is 19.1 Å². The lowest BCUT2D eigenvalue weighted by Gasteiger charge is -2.14. The van der Waals surface area contributed by atoms with Crippen molar-refractivity contribution in [1.29, 1.82) is 0 Å². The third-order valence-electron chi connectivity index (χ3n) is 1.95. The highest BCUT2D eigenvalue weighted by molar-refractivity contribution is 6.31. The number of rotatable bonds is 3. The molecule has 14 heavy (non-hydrogen) atoms. The van der Waals surface area contributed by atoms with Gasteiger partial charge in [0.2, 0.25) is 0 Å². The summed E-state index contributed by atoms with van der Waals surface area (Å²) in [7, 11) is 0. The van der Waals surface area contributed by atoms with Gasteiger partial charge in [0.1, 0.15) is 0 Å². The molecule has 1 aromatic heterocycles. The summed E-state index contributed by atoms with van der Waals surface area (Å²) in [6.07, 6.45) is -0.685. The largest absolute Gasteiger partial charge is 0.391 e. The van der Waals surface area contributed by atoms with Gasteiger partial charge in [0.15, 0.2) is 0 Å². The Bertz CT molecular complexity index is 318. The number of pyridine rings is 1. The van der Waals surface area contributed by atoms with E-state index in [1.165, 1.54) is 0 Å². The molecule has 0 fully saturated rings. The zero-order chi connectivity index (χ0) is 10.7. The summed E-state index contributed by atoms with van der Waals surface area (Å²) in [6.45, 7) is 1.35. The molecule has 0 unspecified atom stereocenters. The average Bonchev–Trinajstić information content (AvgIpc) is 2.17. The van der Waals surface area contributed by atoms with Crippen LogP contribution in [-0.4, -0.2) is 21.3 Å². The SMILES string of the molecule is C[C@H](O)[C@@H](N)c1ccc(Cl)c(CO)n1. The van der Waals surface area contributed by atoms with Gasteiger partial charge in [-0.15, -0.1) is 0 Å². The molecule has 0 bridgehead atoms. The van der Waals surface area contributed by atoms with E-state index >= 15 is 0 Å². The molecule has 4 N–H and O–H groups in total. The van der Waals surface area contributed by atoms with Crippen LogP contribution in [0.5, 0.6) is 0 Å². The second-order valence-corrected chi connectivity index (χ2v) is 3.50. The first-order valence-corrected chi connectivity index (χ1v) is 4.64. The van der Waals surface area contributed by atoms with E-state index in [4.69, 9.17) is 22.4 Å². The van der Waals surface area contributed by atoms with Crippen LogP contribution in [0.25, 0.3) is 0 Å². The topological polar surface area (TPSA) is 79.4 Å². The molecule has 1 heterocycles. The molecule has 0 amide bonds. The second-order valence-electron chi connectivity index (χ2n) is 3.09. The highest BCUT2D eigenvalue weighted by Gasteiger charge is 2.14. The third-order valence-corrected chi connectivity index (χ3v) is 2.30. The molecule has 0 aliphatic heterocycles. The van der Waals surface area contributed by atoms with E-state index in [9.17, 15) is 5.11 Å². The fourth-order valence-corrected chi connectivity index (χ4v) is 1.21. The summed E-state index contributed by atoms with van der Waals surface area (Å²) >= 11 is 5.75. The molecular weight excluding hydrogens is 204 g/mol. The van der Waals surface area contributed by atoms with Crippen LogP contribution in [0.2, 0.25) is 5.02 Å². The van der Waals surface area contributed by atoms with Crippen molar-refractivity contribution in [1.82, 2.24) is 4.98 Å². The Labute approximate surface area is 87.3 Å². The molecular formula is C9H13ClN2O2. The molecule has 0 aliphatic rings. The molecule has 0 aliphatic carbocycles. The van der Waals surface area contributed by atoms with Crippen LogP contribution in [0.15, 0.2) is 12.1 Å². The van der Waals surface area contributed by atoms with Crippen molar-refractivity contribution in [2.24, 2.45) is 5.73 Å². The van der Waals surface area contributed by atoms with Crippen LogP contribution in [0.4, 0.5) is 0 Å². The normalized spacial score (nSPS) is 15.2. The summed E-state index contributed by atoms with van der Waals surface area (Å²) in [5.74, 6) is 0. The van der Waals surface area contributed by atoms with Crippen LogP contribution in [0, 0.1) is 0 Å². The molecule has 5 heteroatoms. The number of aliphatic hydroxyl groups excluding tert-OH is 2. The van der Waals surface area contributed by atoms with E-state index in [2.05, 4.69) is 4.98 Å². The Morgan fingerprint density at radius 2 is 2.21 bits per heavy atom. The van der Waals surface area contributed by atoms with Gasteiger partial charge >= 0.3 is 0 Å². The Balaban J connectivity index is 3.00. The van der Waals surface area contributed by atoms with Gasteiger partial charge in [0, 0.05) is 0 Å². The van der Waals surface area contributed by atoms with E-state index in [1.54, 1.807) is 19.1 Å². The summed E-state index contributed by atoms with van der Waals surface area (Å²) in [4.78, 5) is 4.04. The molecule has 4 nitrogen and oxygen atoms in total. The summed E-state index contributed by atoms with van der Waals surface area (Å²) in [5.41, 5.74) is 6.57. The van der Waals surface area contributed by atoms with Gasteiger partial charge in [-0.3, -0.25) is 4.98 Å². The summed E-state index contributed by atoms with van der Waals surface area (Å²) in [6, 6.07) is 2.69. The maximum Gasteiger partial charge on any atom is 0.0868 e. The van der Waals surface area contributed by atoms with Gasteiger partial charge in [-0.25, -0.2) is 0 Å². The van der Waals surface area contributed by atoms with Crippen molar-refractivity contribution in [2.45, 2.75) is 25.7 Å². The highest BCUT2D eigenvalue weighted by atomic mass is 35.5. The standard InChI is InChI=1S/C9H13ClN2O2/c1-5(14)9(11)7-3-2-6(10)8(4-13)12-7/h2-3,5,9,13-14H,4,11H2,1H3/t5-,9+/m0/s1. The van der Waals surface area contributed by atoms with E-state index in [1.807, 2.05) is 0 Å². The molecule has 0 aromatic carbocycles. The number of nitrogens with two attached hydrogens (primary N) is 1. The maximum atomic E-state index is 9.25. The molecule has 0 radical (unpaired) electrons. The smallest absolute Gasteiger partial charge is 0.0868 e. The first-order chi connectivity index (χ1) is 6.56. The van der Waals surface area contributed by atoms with Crippen LogP contribution < -0.4 is 5.73 Å². The van der Waals surface area contributed by atoms with Crippen molar-refractivity contribution < 1.29 is 10.2 Å². The van der Waals surface area contributed by atoms with Crippen molar-refractivity contribution in [3.05, 3.63) is 28.5 Å². The minimum absolute atomic E-state index is 0.237. The van der Waals surface area contributed by atoms with Crippen molar-refractivity contribution in [3.63, 3.8) is 0 Å². The van der Waals surface area contributed by atoms with Crippen LogP contribution in [-0.2, 0) is 6.61 Å². The molecule has 2 atom stereocenters. The van der Waals surface area contributed by atoms with Gasteiger partial charge < -0.3 is 15.9 Å². The lowest BCUT2D eigenvalue weighted by atomic mass is 10.1. The lowest BCUT2D eigenvalue weighted by Crippen LogP contribution is -2.24. The van der Waals surface area contributed by atoms with Gasteiger partial charge in [0.05, 0.1) is 35.2 Å². The molecule has 1 aromatic rings. The van der Waals surface area contributed by atoms with E-state index in [0.717, 1.165) is 0 Å². The summed E-state index contributed by atoms with van der Waals surface area (Å²) in [5, 5.41) is 18.6. The molecule has 0 saturated heterocycles. The van der Waals surface area contributed by atoms with Gasteiger partial charge in [-0.2, -0.15) is 0 Å². The first kappa shape index (κ1) is 11.4. The summed E-state index contributed by atoms with van der Waals surface area (Å²) < 4.78 is 0. The first-order valence-electron chi connectivity index (χ1n) is 4.26. The minimum Gasteiger partial charge on any atom is -0.391 e. The second kappa shape index (κ2) is 4.70. The predicted octanol–water partition coefficient (Wildman–Crippen LogP) is 0.608. The van der Waals surface area contributed by atoms with E-state index in [-0.39, 0.29) is 6.61 Å². The average molecular weight is 217 g/mol. The fourth-order valence-electron chi connectivity index (χ4n) is 1.04. The molecule has 78 valence electrons. The molecule has 0 saturated carbocycles. The molecule has 0 spiro atoms. The monoisotopic (exact) mass is 216 g/mol. The number of aliphatic hydroxyl groups is 2. The maximum absolute atomic E-state index is 9.25. The molecule has 1 rings (SSSR count). The fraction of sp³-hybridized carbons (Fsp3) is 0.444. The third kappa shape index (κ3) is 2.42. The minimum atomic E-state index is -0.685. The van der Waals surface area contributed by atoms with Crippen molar-refractivity contribution in [3.8, 4) is 0 Å². The Hall–Kier alpha value is -0.680. The van der Waals surface area contributed by atoms with E-state index < -0.39 is 12.1 Å². The Morgan fingerprint density at radius 1 is 1.57 bits per heavy atom. The van der Waals surface area contributed by atoms with Crippen LogP contribution in [0.1, 0.15) is 24.4 Å². The Kier molecular flexibility index (Phi) is 3.83. The highest BCUT2D eigenvalue weighted by Crippen LogP contribution is 2.18. The lowest BCUT2D eigenvalue weighted by molar-refractivity contribution is 0.162. The number of halogens is 1. The van der Waals surface area contributed by atoms with Crippen LogP contribution >= 0.6 is 11.6 Å². The van der Waals surface area contributed by atoms with Crippen molar-refractivity contribution >= 4 is 11.6 Å². The number of aromatic nitrogens is 1. The van der Waals surface area contributed by atoms with Crippen LogP contribution in [0.3, 0.4) is 0 Å². The zero-order valence-corrected chi connectivity index (χ0v) is 8.57. The number of hydrogen-bond donors (Lipinski definition) is 3. The van der Waals surface area contributed by atoms with E-state index in [0.29, 0.717) is 16.4 Å². The number of hydrogen-bond acceptors (Lipinski definition) is 4.